The minimum absolute atomic E-state index is 0.0297. The van der Waals surface area contributed by atoms with E-state index in [2.05, 4.69) is 5.32 Å². The van der Waals surface area contributed by atoms with Crippen molar-refractivity contribution in [3.63, 3.8) is 0 Å². The molecule has 3 aromatic rings. The maximum absolute atomic E-state index is 13.7. The number of rotatable bonds is 10. The van der Waals surface area contributed by atoms with Crippen LogP contribution in [0.2, 0.25) is 15.1 Å². The fourth-order valence-corrected chi connectivity index (χ4v) is 4.37. The highest BCUT2D eigenvalue weighted by molar-refractivity contribution is 6.36. The van der Waals surface area contributed by atoms with Crippen LogP contribution in [0.15, 0.2) is 72.8 Å². The first-order valence-corrected chi connectivity index (χ1v) is 12.7. The second-order valence-corrected chi connectivity index (χ2v) is 9.80. The predicted octanol–water partition coefficient (Wildman–Crippen LogP) is 6.74. The first-order valence-electron chi connectivity index (χ1n) is 11.6. The van der Waals surface area contributed by atoms with Crippen LogP contribution in [0.5, 0.6) is 0 Å². The fraction of sp³-hybridized carbons (Fsp3) is 0.286. The van der Waals surface area contributed by atoms with E-state index in [-0.39, 0.29) is 30.8 Å². The Bertz CT molecular complexity index is 1120. The Labute approximate surface area is 222 Å². The van der Waals surface area contributed by atoms with Crippen LogP contribution in [0.4, 0.5) is 0 Å². The van der Waals surface area contributed by atoms with Crippen molar-refractivity contribution in [2.75, 3.05) is 0 Å². The average molecular weight is 532 g/mol. The van der Waals surface area contributed by atoms with Gasteiger partial charge >= 0.3 is 0 Å². The molecule has 184 valence electrons. The van der Waals surface area contributed by atoms with Crippen LogP contribution in [0.3, 0.4) is 0 Å². The van der Waals surface area contributed by atoms with Crippen LogP contribution in [-0.4, -0.2) is 28.8 Å². The number of nitrogens with one attached hydrogen (secondary N) is 1. The Morgan fingerprint density at radius 3 is 2.09 bits per heavy atom. The van der Waals surface area contributed by atoms with Gasteiger partial charge in [0.1, 0.15) is 6.04 Å². The lowest BCUT2D eigenvalue weighted by Gasteiger charge is -2.33. The Balaban J connectivity index is 2.01. The Kier molecular flexibility index (Phi) is 10.0. The van der Waals surface area contributed by atoms with Gasteiger partial charge in [-0.2, -0.15) is 0 Å². The van der Waals surface area contributed by atoms with Crippen LogP contribution >= 0.6 is 34.8 Å². The molecule has 2 atom stereocenters. The summed E-state index contributed by atoms with van der Waals surface area (Å²) in [5.41, 5.74) is 2.36. The average Bonchev–Trinajstić information content (AvgIpc) is 2.84. The first-order chi connectivity index (χ1) is 16.8. The molecule has 0 spiro atoms. The standard InChI is InChI=1S/C28H29Cl3N2O2/c1-3-19(2)32-28(35)26(16-20-8-5-4-6-9-20)33(18-23-24(30)10-7-11-25(23)31)27(34)17-21-12-14-22(29)15-13-21/h4-15,19,26H,3,16-18H2,1-2H3,(H,32,35)/t19-,26-/m1/s1. The van der Waals surface area contributed by atoms with Gasteiger partial charge < -0.3 is 10.2 Å². The molecule has 0 saturated heterocycles. The molecular weight excluding hydrogens is 503 g/mol. The molecule has 1 N–H and O–H groups in total. The lowest BCUT2D eigenvalue weighted by molar-refractivity contribution is -0.141. The number of hydrogen-bond acceptors (Lipinski definition) is 2. The van der Waals surface area contributed by atoms with Crippen molar-refractivity contribution in [2.24, 2.45) is 0 Å². The van der Waals surface area contributed by atoms with Crippen molar-refractivity contribution < 1.29 is 9.59 Å². The topological polar surface area (TPSA) is 49.4 Å². The Morgan fingerprint density at radius 1 is 0.857 bits per heavy atom. The van der Waals surface area contributed by atoms with E-state index in [1.807, 2.05) is 56.3 Å². The smallest absolute Gasteiger partial charge is 0.243 e. The zero-order valence-corrected chi connectivity index (χ0v) is 22.1. The highest BCUT2D eigenvalue weighted by Gasteiger charge is 2.31. The van der Waals surface area contributed by atoms with Crippen LogP contribution in [0.25, 0.3) is 0 Å². The molecule has 7 heteroatoms. The van der Waals surface area contributed by atoms with Crippen molar-refractivity contribution in [3.05, 3.63) is 105 Å². The van der Waals surface area contributed by atoms with Crippen molar-refractivity contribution in [3.8, 4) is 0 Å². The molecule has 0 unspecified atom stereocenters. The predicted molar refractivity (Wildman–Crippen MR) is 144 cm³/mol. The number of hydrogen-bond donors (Lipinski definition) is 1. The second kappa shape index (κ2) is 13.0. The zero-order valence-electron chi connectivity index (χ0n) is 19.8. The quantitative estimate of drug-likeness (QED) is 0.315. The van der Waals surface area contributed by atoms with E-state index in [0.29, 0.717) is 27.1 Å². The van der Waals surface area contributed by atoms with E-state index in [0.717, 1.165) is 17.5 Å². The van der Waals surface area contributed by atoms with Gasteiger partial charge in [-0.05, 0) is 48.7 Å². The molecule has 2 amide bonds. The van der Waals surface area contributed by atoms with Gasteiger partial charge in [0, 0.05) is 39.6 Å². The third-order valence-electron chi connectivity index (χ3n) is 5.93. The van der Waals surface area contributed by atoms with Gasteiger partial charge in [-0.1, -0.05) is 90.3 Å². The highest BCUT2D eigenvalue weighted by Crippen LogP contribution is 2.27. The largest absolute Gasteiger partial charge is 0.352 e. The van der Waals surface area contributed by atoms with Crippen LogP contribution in [0, 0.1) is 0 Å². The van der Waals surface area contributed by atoms with Crippen LogP contribution in [-0.2, 0) is 29.0 Å². The monoisotopic (exact) mass is 530 g/mol. The number of carbonyl (C=O) groups is 2. The van der Waals surface area contributed by atoms with E-state index in [9.17, 15) is 9.59 Å². The third-order valence-corrected chi connectivity index (χ3v) is 6.89. The van der Waals surface area contributed by atoms with E-state index < -0.39 is 6.04 Å². The molecule has 0 aliphatic rings. The van der Waals surface area contributed by atoms with E-state index >= 15 is 0 Å². The zero-order chi connectivity index (χ0) is 25.4. The number of benzene rings is 3. The summed E-state index contributed by atoms with van der Waals surface area (Å²) in [6.45, 7) is 4.06. The molecule has 35 heavy (non-hydrogen) atoms. The fourth-order valence-electron chi connectivity index (χ4n) is 3.73. The van der Waals surface area contributed by atoms with Crippen molar-refractivity contribution in [2.45, 2.75) is 51.7 Å². The molecule has 0 aliphatic carbocycles. The summed E-state index contributed by atoms with van der Waals surface area (Å²) in [7, 11) is 0. The third kappa shape index (κ3) is 7.73. The minimum atomic E-state index is -0.751. The molecule has 0 bridgehead atoms. The van der Waals surface area contributed by atoms with E-state index in [1.54, 1.807) is 35.2 Å². The molecular formula is C28H29Cl3N2O2. The molecule has 4 nitrogen and oxygen atoms in total. The van der Waals surface area contributed by atoms with Crippen LogP contribution < -0.4 is 5.32 Å². The van der Waals surface area contributed by atoms with E-state index in [1.165, 1.54) is 0 Å². The van der Waals surface area contributed by atoms with Gasteiger partial charge in [0.15, 0.2) is 0 Å². The van der Waals surface area contributed by atoms with Gasteiger partial charge in [-0.25, -0.2) is 0 Å². The molecule has 0 saturated carbocycles. The SMILES string of the molecule is CC[C@@H](C)NC(=O)[C@@H](Cc1ccccc1)N(Cc1c(Cl)cccc1Cl)C(=O)Cc1ccc(Cl)cc1. The summed E-state index contributed by atoms with van der Waals surface area (Å²) < 4.78 is 0. The lowest BCUT2D eigenvalue weighted by Crippen LogP contribution is -2.52. The van der Waals surface area contributed by atoms with Crippen molar-refractivity contribution in [1.82, 2.24) is 10.2 Å². The number of halogens is 3. The lowest BCUT2D eigenvalue weighted by atomic mass is 10.0. The van der Waals surface area contributed by atoms with Gasteiger partial charge in [0.2, 0.25) is 11.8 Å². The molecule has 0 aliphatic heterocycles. The molecule has 0 fully saturated rings. The van der Waals surface area contributed by atoms with Crippen molar-refractivity contribution in [1.29, 1.82) is 0 Å². The number of carbonyl (C=O) groups excluding carboxylic acids is 2. The Morgan fingerprint density at radius 2 is 1.49 bits per heavy atom. The number of nitrogens with zero attached hydrogens (tertiary/aromatic N) is 1. The van der Waals surface area contributed by atoms with Crippen molar-refractivity contribution >= 4 is 46.6 Å². The summed E-state index contributed by atoms with van der Waals surface area (Å²) in [5.74, 6) is -0.417. The summed E-state index contributed by atoms with van der Waals surface area (Å²) in [6.07, 6.45) is 1.25. The number of amides is 2. The summed E-state index contributed by atoms with van der Waals surface area (Å²) in [4.78, 5) is 28.9. The summed E-state index contributed by atoms with van der Waals surface area (Å²) in [6, 6.07) is 21.2. The summed E-state index contributed by atoms with van der Waals surface area (Å²) >= 11 is 19.0. The molecule has 0 aromatic heterocycles. The van der Waals surface area contributed by atoms with Gasteiger partial charge in [0.05, 0.1) is 6.42 Å². The normalized spacial score (nSPS) is 12.6. The molecule has 3 aromatic carbocycles. The molecule has 0 heterocycles. The van der Waals surface area contributed by atoms with Gasteiger partial charge in [-0.15, -0.1) is 0 Å². The minimum Gasteiger partial charge on any atom is -0.352 e. The maximum Gasteiger partial charge on any atom is 0.243 e. The molecule has 3 rings (SSSR count). The first kappa shape index (κ1) is 27.1. The van der Waals surface area contributed by atoms with Crippen LogP contribution in [0.1, 0.15) is 37.0 Å². The van der Waals surface area contributed by atoms with Gasteiger partial charge in [-0.3, -0.25) is 9.59 Å². The maximum atomic E-state index is 13.7. The Hall–Kier alpha value is -2.53. The summed E-state index contributed by atoms with van der Waals surface area (Å²) in [5, 5.41) is 4.54. The van der Waals surface area contributed by atoms with Gasteiger partial charge in [0.25, 0.3) is 0 Å². The second-order valence-electron chi connectivity index (χ2n) is 8.55. The van der Waals surface area contributed by atoms with E-state index in [4.69, 9.17) is 34.8 Å². The molecule has 0 radical (unpaired) electrons. The highest BCUT2D eigenvalue weighted by atomic mass is 35.5.